The first kappa shape index (κ1) is 19.9. The molecular formula is C20H22N4O3S. The number of amides is 1. The van der Waals surface area contributed by atoms with Gasteiger partial charge in [0.25, 0.3) is 5.91 Å². The lowest BCUT2D eigenvalue weighted by molar-refractivity contribution is 0.0950. The van der Waals surface area contributed by atoms with Crippen LogP contribution in [0, 0.1) is 13.8 Å². The first-order valence-corrected chi connectivity index (χ1v) is 10.5. The van der Waals surface area contributed by atoms with Crippen LogP contribution in [0.15, 0.2) is 53.8 Å². The first-order chi connectivity index (χ1) is 13.2. The molecule has 3 N–H and O–H groups in total. The molecule has 28 heavy (non-hydrogen) atoms. The number of rotatable bonds is 5. The predicted molar refractivity (Wildman–Crippen MR) is 109 cm³/mol. The van der Waals surface area contributed by atoms with Crippen molar-refractivity contribution in [2.45, 2.75) is 25.3 Å². The number of aromatic nitrogens is 3. The molecule has 146 valence electrons. The Morgan fingerprint density at radius 3 is 2.36 bits per heavy atom. The Morgan fingerprint density at radius 2 is 1.75 bits per heavy atom. The summed E-state index contributed by atoms with van der Waals surface area (Å²) in [7, 11) is -3.00. The van der Waals surface area contributed by atoms with Crippen molar-refractivity contribution < 1.29 is 13.9 Å². The van der Waals surface area contributed by atoms with E-state index in [2.05, 4.69) is 20.3 Å². The van der Waals surface area contributed by atoms with Gasteiger partial charge in [-0.1, -0.05) is 6.07 Å². The molecule has 0 bridgehead atoms. The second-order valence-corrected chi connectivity index (χ2v) is 8.76. The lowest BCUT2D eigenvalue weighted by atomic mass is 10.1. The van der Waals surface area contributed by atoms with Gasteiger partial charge in [-0.05, 0) is 43.7 Å². The van der Waals surface area contributed by atoms with Crippen LogP contribution in [0.5, 0.6) is 0 Å². The maximum atomic E-state index is 12.7. The molecule has 2 heterocycles. The van der Waals surface area contributed by atoms with Crippen molar-refractivity contribution in [1.82, 2.24) is 20.3 Å². The van der Waals surface area contributed by atoms with E-state index in [1.807, 2.05) is 19.1 Å². The zero-order valence-corrected chi connectivity index (χ0v) is 16.7. The Kier molecular flexibility index (Phi) is 5.73. The molecule has 3 rings (SSSR count). The fourth-order valence-corrected chi connectivity index (χ4v) is 3.24. The molecule has 0 saturated carbocycles. The van der Waals surface area contributed by atoms with Crippen LogP contribution >= 0.6 is 10.6 Å². The van der Waals surface area contributed by atoms with Gasteiger partial charge in [-0.15, -0.1) is 0 Å². The standard InChI is InChI=1S/C20H22N4O3S/c1-13-4-5-19(23-9-13)16-6-17(8-18(7-16)28(3,26)27)20(25)24-12-15-10-21-14(2)22-11-15/h4-11,26-27H,12H2,1-3H3,(H,24,25). The Hall–Kier alpha value is -2.81. The number of nitrogens with one attached hydrogen (secondary N) is 1. The van der Waals surface area contributed by atoms with Gasteiger partial charge in [-0.3, -0.25) is 18.9 Å². The number of nitrogens with zero attached hydrogens (tertiary/aromatic N) is 3. The molecule has 8 heteroatoms. The van der Waals surface area contributed by atoms with Crippen LogP contribution in [0.25, 0.3) is 11.3 Å². The summed E-state index contributed by atoms with van der Waals surface area (Å²) < 4.78 is 20.2. The van der Waals surface area contributed by atoms with E-state index in [0.29, 0.717) is 22.6 Å². The van der Waals surface area contributed by atoms with Gasteiger partial charge in [0.2, 0.25) is 0 Å². The summed E-state index contributed by atoms with van der Waals surface area (Å²) >= 11 is 0. The molecule has 3 aromatic rings. The molecule has 0 aliphatic heterocycles. The Balaban J connectivity index is 1.90. The second-order valence-electron chi connectivity index (χ2n) is 6.62. The van der Waals surface area contributed by atoms with Crippen molar-refractivity contribution in [1.29, 1.82) is 0 Å². The highest BCUT2D eigenvalue weighted by molar-refractivity contribution is 8.23. The molecule has 0 unspecified atom stereocenters. The highest BCUT2D eigenvalue weighted by Gasteiger charge is 2.16. The number of hydrogen-bond acceptors (Lipinski definition) is 6. The summed E-state index contributed by atoms with van der Waals surface area (Å²) in [6.45, 7) is 3.99. The van der Waals surface area contributed by atoms with E-state index in [0.717, 1.165) is 11.1 Å². The molecular weight excluding hydrogens is 376 g/mol. The van der Waals surface area contributed by atoms with Crippen LogP contribution in [0.3, 0.4) is 0 Å². The quantitative estimate of drug-likeness (QED) is 0.603. The van der Waals surface area contributed by atoms with E-state index >= 15 is 0 Å². The fraction of sp³-hybridized carbons (Fsp3) is 0.200. The third-order valence-electron chi connectivity index (χ3n) is 4.11. The van der Waals surface area contributed by atoms with Crippen molar-refractivity contribution >= 4 is 16.5 Å². The van der Waals surface area contributed by atoms with Crippen molar-refractivity contribution in [2.24, 2.45) is 0 Å². The van der Waals surface area contributed by atoms with Gasteiger partial charge in [-0.2, -0.15) is 10.6 Å². The van der Waals surface area contributed by atoms with Gasteiger partial charge in [0, 0.05) is 48.1 Å². The van der Waals surface area contributed by atoms with Crippen molar-refractivity contribution in [3.8, 4) is 11.3 Å². The van der Waals surface area contributed by atoms with Crippen LogP contribution in [-0.4, -0.2) is 36.2 Å². The smallest absolute Gasteiger partial charge is 0.251 e. The maximum absolute atomic E-state index is 12.7. The Labute approximate surface area is 165 Å². The van der Waals surface area contributed by atoms with Gasteiger partial charge in [0.05, 0.1) is 10.6 Å². The zero-order valence-electron chi connectivity index (χ0n) is 15.9. The van der Waals surface area contributed by atoms with Gasteiger partial charge in [0.15, 0.2) is 0 Å². The highest BCUT2D eigenvalue weighted by Crippen LogP contribution is 2.45. The largest absolute Gasteiger partial charge is 0.348 e. The minimum absolute atomic E-state index is 0.268. The Morgan fingerprint density at radius 1 is 1.04 bits per heavy atom. The molecule has 0 fully saturated rings. The van der Waals surface area contributed by atoms with Crippen LogP contribution in [-0.2, 0) is 6.54 Å². The van der Waals surface area contributed by atoms with E-state index in [9.17, 15) is 13.9 Å². The van der Waals surface area contributed by atoms with E-state index < -0.39 is 10.6 Å². The summed E-state index contributed by atoms with van der Waals surface area (Å²) in [4.78, 5) is 25.5. The summed E-state index contributed by atoms with van der Waals surface area (Å²) in [6.07, 6.45) is 6.37. The van der Waals surface area contributed by atoms with Gasteiger partial charge < -0.3 is 5.32 Å². The molecule has 1 aromatic carbocycles. The molecule has 0 saturated heterocycles. The average molecular weight is 398 g/mol. The topological polar surface area (TPSA) is 108 Å². The lowest BCUT2D eigenvalue weighted by Gasteiger charge is -2.28. The molecule has 0 radical (unpaired) electrons. The third-order valence-corrected chi connectivity index (χ3v) is 5.24. The van der Waals surface area contributed by atoms with Crippen molar-refractivity contribution in [3.05, 3.63) is 71.4 Å². The number of carbonyl (C=O) groups is 1. The molecule has 2 aromatic heterocycles. The number of benzene rings is 1. The molecule has 0 spiro atoms. The molecule has 0 aliphatic carbocycles. The third kappa shape index (κ3) is 4.92. The monoisotopic (exact) mass is 398 g/mol. The summed E-state index contributed by atoms with van der Waals surface area (Å²) in [6, 6.07) is 8.58. The SMILES string of the molecule is Cc1ccc(-c2cc(C(=O)NCc3cnc(C)nc3)cc(S(C)(O)O)c2)nc1. The average Bonchev–Trinajstić information content (AvgIpc) is 2.67. The summed E-state index contributed by atoms with van der Waals surface area (Å²) in [5, 5.41) is 2.81. The minimum Gasteiger partial charge on any atom is -0.348 e. The molecule has 7 nitrogen and oxygen atoms in total. The zero-order chi connectivity index (χ0) is 20.3. The lowest BCUT2D eigenvalue weighted by Crippen LogP contribution is -2.23. The normalized spacial score (nSPS) is 11.9. The maximum Gasteiger partial charge on any atom is 0.251 e. The van der Waals surface area contributed by atoms with Gasteiger partial charge in [-0.25, -0.2) is 9.97 Å². The van der Waals surface area contributed by atoms with Crippen LogP contribution in [0.1, 0.15) is 27.3 Å². The molecule has 0 atom stereocenters. The van der Waals surface area contributed by atoms with E-state index in [-0.39, 0.29) is 17.3 Å². The highest BCUT2D eigenvalue weighted by atomic mass is 32.3. The molecule has 1 amide bonds. The van der Waals surface area contributed by atoms with Crippen molar-refractivity contribution in [3.63, 3.8) is 0 Å². The Bertz CT molecular complexity index is 984. The van der Waals surface area contributed by atoms with Crippen LogP contribution < -0.4 is 5.32 Å². The predicted octanol–water partition coefficient (Wildman–Crippen LogP) is 3.82. The van der Waals surface area contributed by atoms with E-state index in [4.69, 9.17) is 0 Å². The van der Waals surface area contributed by atoms with E-state index in [1.165, 1.54) is 12.3 Å². The summed E-state index contributed by atoms with van der Waals surface area (Å²) in [5.41, 5.74) is 3.40. The van der Waals surface area contributed by atoms with Gasteiger partial charge in [0.1, 0.15) is 5.82 Å². The minimum atomic E-state index is -3.00. The van der Waals surface area contributed by atoms with E-state index in [1.54, 1.807) is 37.6 Å². The molecule has 0 aliphatic rings. The second kappa shape index (κ2) is 8.05. The first-order valence-electron chi connectivity index (χ1n) is 8.59. The number of hydrogen-bond donors (Lipinski definition) is 3. The number of carbonyl (C=O) groups excluding carboxylic acids is 1. The summed E-state index contributed by atoms with van der Waals surface area (Å²) in [5.74, 6) is 0.325. The van der Waals surface area contributed by atoms with Crippen molar-refractivity contribution in [2.75, 3.05) is 6.26 Å². The van der Waals surface area contributed by atoms with Crippen LogP contribution in [0.4, 0.5) is 0 Å². The number of aryl methyl sites for hydroxylation is 2. The number of pyridine rings is 1. The van der Waals surface area contributed by atoms with Crippen LogP contribution in [0.2, 0.25) is 0 Å². The fourth-order valence-electron chi connectivity index (χ4n) is 2.53. The van der Waals surface area contributed by atoms with Gasteiger partial charge >= 0.3 is 0 Å².